The molecule has 3 aromatic rings. The van der Waals surface area contributed by atoms with Crippen molar-refractivity contribution in [1.82, 2.24) is 15.0 Å². The van der Waals surface area contributed by atoms with Gasteiger partial charge in [-0.3, -0.25) is 4.98 Å². The van der Waals surface area contributed by atoms with E-state index in [4.69, 9.17) is 0 Å². The van der Waals surface area contributed by atoms with Crippen LogP contribution in [0.4, 0.5) is 0 Å². The van der Waals surface area contributed by atoms with Crippen LogP contribution in [0, 0.1) is 0 Å². The molecular formula is C16H17N3. The third kappa shape index (κ3) is 2.65. The number of fused-ring (bicyclic) bond motifs is 1. The van der Waals surface area contributed by atoms with E-state index < -0.39 is 0 Å². The van der Waals surface area contributed by atoms with Crippen molar-refractivity contribution in [3.05, 3.63) is 59.7 Å². The fourth-order valence-electron chi connectivity index (χ4n) is 2.26. The molecule has 0 bridgehead atoms. The van der Waals surface area contributed by atoms with Gasteiger partial charge in [0, 0.05) is 18.8 Å². The van der Waals surface area contributed by atoms with Crippen molar-refractivity contribution in [3.63, 3.8) is 0 Å². The molecule has 0 radical (unpaired) electrons. The summed E-state index contributed by atoms with van der Waals surface area (Å²) in [5, 5.41) is 0. The summed E-state index contributed by atoms with van der Waals surface area (Å²) >= 11 is 0. The highest BCUT2D eigenvalue weighted by Crippen LogP contribution is 2.15. The third-order valence-electron chi connectivity index (χ3n) is 3.40. The van der Waals surface area contributed by atoms with Crippen molar-refractivity contribution in [2.75, 3.05) is 0 Å². The average Bonchev–Trinajstić information content (AvgIpc) is 2.88. The average molecular weight is 251 g/mol. The lowest BCUT2D eigenvalue weighted by molar-refractivity contribution is 0.887. The lowest BCUT2D eigenvalue weighted by atomic mass is 10.1. The third-order valence-corrected chi connectivity index (χ3v) is 3.40. The van der Waals surface area contributed by atoms with Crippen LogP contribution < -0.4 is 0 Å². The summed E-state index contributed by atoms with van der Waals surface area (Å²) < 4.78 is 0. The zero-order chi connectivity index (χ0) is 13.1. The van der Waals surface area contributed by atoms with Crippen molar-refractivity contribution in [2.45, 2.75) is 26.2 Å². The molecule has 0 aliphatic rings. The Bertz CT molecular complexity index is 671. The molecule has 0 spiro atoms. The normalized spacial score (nSPS) is 11.0. The van der Waals surface area contributed by atoms with Gasteiger partial charge < -0.3 is 4.98 Å². The van der Waals surface area contributed by atoms with Gasteiger partial charge in [-0.1, -0.05) is 13.0 Å². The molecule has 3 nitrogen and oxygen atoms in total. The van der Waals surface area contributed by atoms with Crippen molar-refractivity contribution in [3.8, 4) is 0 Å². The zero-order valence-electron chi connectivity index (χ0n) is 11.1. The quantitative estimate of drug-likeness (QED) is 0.773. The van der Waals surface area contributed by atoms with E-state index in [1.165, 1.54) is 11.1 Å². The van der Waals surface area contributed by atoms with Crippen LogP contribution in [0.1, 0.15) is 23.9 Å². The number of aromatic nitrogens is 3. The Labute approximate surface area is 112 Å². The Morgan fingerprint density at radius 1 is 1.00 bits per heavy atom. The summed E-state index contributed by atoms with van der Waals surface area (Å²) in [7, 11) is 0. The first-order valence-corrected chi connectivity index (χ1v) is 6.71. The molecule has 96 valence electrons. The molecule has 0 aliphatic carbocycles. The van der Waals surface area contributed by atoms with Gasteiger partial charge in [-0.05, 0) is 48.2 Å². The maximum atomic E-state index is 4.63. The highest BCUT2D eigenvalue weighted by molar-refractivity contribution is 5.75. The summed E-state index contributed by atoms with van der Waals surface area (Å²) in [5.74, 6) is 1.06. The van der Waals surface area contributed by atoms with E-state index in [1.54, 1.807) is 0 Å². The van der Waals surface area contributed by atoms with Crippen molar-refractivity contribution in [2.24, 2.45) is 0 Å². The number of nitrogens with zero attached hydrogens (tertiary/aromatic N) is 2. The standard InChI is InChI=1S/C16H17N3/c1-2-12-3-5-14-15(11-12)19-16(18-14)6-4-13-7-9-17-10-8-13/h3,5,7-11H,2,4,6H2,1H3,(H,18,19). The molecule has 3 heteroatoms. The maximum absolute atomic E-state index is 4.63. The monoisotopic (exact) mass is 251 g/mol. The van der Waals surface area contributed by atoms with Crippen molar-refractivity contribution in [1.29, 1.82) is 0 Å². The number of pyridine rings is 1. The summed E-state index contributed by atoms with van der Waals surface area (Å²) in [6.45, 7) is 2.17. The van der Waals surface area contributed by atoms with E-state index in [9.17, 15) is 0 Å². The number of rotatable bonds is 4. The molecule has 2 aromatic heterocycles. The number of hydrogen-bond acceptors (Lipinski definition) is 2. The second-order valence-corrected chi connectivity index (χ2v) is 4.74. The van der Waals surface area contributed by atoms with Crippen LogP contribution in [0.2, 0.25) is 0 Å². The maximum Gasteiger partial charge on any atom is 0.107 e. The fraction of sp³-hybridized carbons (Fsp3) is 0.250. The van der Waals surface area contributed by atoms with E-state index in [-0.39, 0.29) is 0 Å². The number of aryl methyl sites for hydroxylation is 3. The van der Waals surface area contributed by atoms with Crippen LogP contribution in [0.5, 0.6) is 0 Å². The first kappa shape index (κ1) is 11.9. The van der Waals surface area contributed by atoms with E-state index in [1.807, 2.05) is 12.4 Å². The molecule has 1 aromatic carbocycles. The van der Waals surface area contributed by atoms with Gasteiger partial charge >= 0.3 is 0 Å². The number of benzene rings is 1. The van der Waals surface area contributed by atoms with Gasteiger partial charge in [-0.25, -0.2) is 4.98 Å². The Kier molecular flexibility index (Phi) is 3.27. The van der Waals surface area contributed by atoms with Crippen LogP contribution in [0.25, 0.3) is 11.0 Å². The smallest absolute Gasteiger partial charge is 0.107 e. The van der Waals surface area contributed by atoms with Crippen LogP contribution in [-0.4, -0.2) is 15.0 Å². The van der Waals surface area contributed by atoms with Gasteiger partial charge in [-0.15, -0.1) is 0 Å². The second-order valence-electron chi connectivity index (χ2n) is 4.74. The van der Waals surface area contributed by atoms with E-state index in [2.05, 4.69) is 52.2 Å². The van der Waals surface area contributed by atoms with Gasteiger partial charge in [0.15, 0.2) is 0 Å². The molecule has 19 heavy (non-hydrogen) atoms. The van der Waals surface area contributed by atoms with E-state index >= 15 is 0 Å². The Morgan fingerprint density at radius 2 is 1.84 bits per heavy atom. The number of imidazole rings is 1. The first-order valence-electron chi connectivity index (χ1n) is 6.71. The second kappa shape index (κ2) is 5.22. The molecule has 1 N–H and O–H groups in total. The minimum atomic E-state index is 0.931. The summed E-state index contributed by atoms with van der Waals surface area (Å²) in [4.78, 5) is 12.1. The molecule has 0 amide bonds. The summed E-state index contributed by atoms with van der Waals surface area (Å²) in [6, 6.07) is 10.5. The molecule has 0 unspecified atom stereocenters. The van der Waals surface area contributed by atoms with Crippen LogP contribution in [0.3, 0.4) is 0 Å². The highest BCUT2D eigenvalue weighted by Gasteiger charge is 2.03. The SMILES string of the molecule is CCc1ccc2nc(CCc3ccncc3)[nH]c2c1. The van der Waals surface area contributed by atoms with Gasteiger partial charge in [0.2, 0.25) is 0 Å². The van der Waals surface area contributed by atoms with Gasteiger partial charge in [-0.2, -0.15) is 0 Å². The fourth-order valence-corrected chi connectivity index (χ4v) is 2.26. The Balaban J connectivity index is 1.78. The predicted octanol–water partition coefficient (Wildman–Crippen LogP) is 3.31. The molecule has 0 atom stereocenters. The van der Waals surface area contributed by atoms with E-state index in [0.29, 0.717) is 0 Å². The molecule has 0 saturated heterocycles. The number of hydrogen-bond donors (Lipinski definition) is 1. The number of aromatic amines is 1. The minimum Gasteiger partial charge on any atom is -0.342 e. The predicted molar refractivity (Wildman–Crippen MR) is 77.1 cm³/mol. The van der Waals surface area contributed by atoms with Gasteiger partial charge in [0.05, 0.1) is 11.0 Å². The zero-order valence-corrected chi connectivity index (χ0v) is 11.1. The summed E-state index contributed by atoms with van der Waals surface area (Å²) in [6.07, 6.45) is 6.65. The van der Waals surface area contributed by atoms with Crippen molar-refractivity contribution >= 4 is 11.0 Å². The molecule has 0 saturated carbocycles. The van der Waals surface area contributed by atoms with Crippen LogP contribution >= 0.6 is 0 Å². The molecule has 0 aliphatic heterocycles. The minimum absolute atomic E-state index is 0.931. The lowest BCUT2D eigenvalue weighted by Crippen LogP contribution is -1.93. The van der Waals surface area contributed by atoms with Gasteiger partial charge in [0.1, 0.15) is 5.82 Å². The Morgan fingerprint density at radius 3 is 2.63 bits per heavy atom. The molecular weight excluding hydrogens is 234 g/mol. The molecule has 0 fully saturated rings. The van der Waals surface area contributed by atoms with E-state index in [0.717, 1.165) is 36.1 Å². The van der Waals surface area contributed by atoms with Crippen LogP contribution in [0.15, 0.2) is 42.7 Å². The number of nitrogens with one attached hydrogen (secondary N) is 1. The van der Waals surface area contributed by atoms with Gasteiger partial charge in [0.25, 0.3) is 0 Å². The first-order chi connectivity index (χ1) is 9.35. The van der Waals surface area contributed by atoms with Crippen molar-refractivity contribution < 1.29 is 0 Å². The molecule has 2 heterocycles. The molecule has 3 rings (SSSR count). The largest absolute Gasteiger partial charge is 0.342 e. The Hall–Kier alpha value is -2.16. The lowest BCUT2D eigenvalue weighted by Gasteiger charge is -1.97. The topological polar surface area (TPSA) is 41.6 Å². The summed E-state index contributed by atoms with van der Waals surface area (Å²) in [5.41, 5.74) is 4.84. The van der Waals surface area contributed by atoms with Crippen LogP contribution in [-0.2, 0) is 19.3 Å². The number of H-pyrrole nitrogens is 1. The highest BCUT2D eigenvalue weighted by atomic mass is 14.9.